The minimum atomic E-state index is -2.64. The maximum Gasteiger partial charge on any atom is 0.336 e. The van der Waals surface area contributed by atoms with Gasteiger partial charge in [0.1, 0.15) is 5.60 Å². The number of hydrogen-bond donors (Lipinski definition) is 4. The molecule has 0 radical (unpaired) electrons. The Bertz CT molecular complexity index is 875. The number of carboxylic acids is 3. The van der Waals surface area contributed by atoms with E-state index in [4.69, 9.17) is 8.85 Å². The van der Waals surface area contributed by atoms with Crippen molar-refractivity contribution in [3.63, 3.8) is 0 Å². The molecule has 2 heterocycles. The topological polar surface area (TPSA) is 164 Å². The summed E-state index contributed by atoms with van der Waals surface area (Å²) in [5.74, 6) is -2.86. The molecule has 0 aromatic rings. The van der Waals surface area contributed by atoms with Crippen LogP contribution in [0.2, 0.25) is 12.6 Å². The standard InChI is InChI=1S/C27H52N4O9Si/c1-7-26(4)27(5,25(2,3)38)40-41(6,39-26)18-8-9-28-10-12-29(19-22(32)33)14-16-31(21-24(36)37)17-15-30(13-11-28)20-23(34)35/h38H,7-21H2,1-6H3,(H,32,33)(H,34,35)(H,36,37). The third-order valence-electron chi connectivity index (χ3n) is 8.82. The summed E-state index contributed by atoms with van der Waals surface area (Å²) in [6.07, 6.45) is 1.47. The van der Waals surface area contributed by atoms with E-state index in [0.29, 0.717) is 71.4 Å². The van der Waals surface area contributed by atoms with Gasteiger partial charge >= 0.3 is 26.5 Å². The molecule has 2 saturated heterocycles. The Morgan fingerprint density at radius 3 is 1.41 bits per heavy atom. The number of aliphatic carboxylic acids is 3. The Labute approximate surface area is 245 Å². The minimum Gasteiger partial charge on any atom is -0.480 e. The van der Waals surface area contributed by atoms with Crippen molar-refractivity contribution in [2.24, 2.45) is 0 Å². The van der Waals surface area contributed by atoms with Gasteiger partial charge in [0.05, 0.1) is 30.8 Å². The van der Waals surface area contributed by atoms with Gasteiger partial charge in [-0.1, -0.05) is 6.92 Å². The first-order chi connectivity index (χ1) is 18.9. The number of rotatable bonds is 12. The maximum atomic E-state index is 11.5. The van der Waals surface area contributed by atoms with E-state index in [1.165, 1.54) is 0 Å². The molecule has 41 heavy (non-hydrogen) atoms. The van der Waals surface area contributed by atoms with Crippen LogP contribution in [0.25, 0.3) is 0 Å². The molecule has 0 aromatic carbocycles. The van der Waals surface area contributed by atoms with Gasteiger partial charge in [0.25, 0.3) is 0 Å². The molecule has 2 aliphatic rings. The van der Waals surface area contributed by atoms with Crippen LogP contribution in [0.1, 0.15) is 47.5 Å². The normalized spacial score (nSPS) is 30.5. The number of carboxylic acid groups (broad SMARTS) is 3. The summed E-state index contributed by atoms with van der Waals surface area (Å²) < 4.78 is 13.3. The van der Waals surface area contributed by atoms with Crippen LogP contribution in [0.15, 0.2) is 0 Å². The van der Waals surface area contributed by atoms with Gasteiger partial charge in [-0.15, -0.1) is 0 Å². The summed E-state index contributed by atoms with van der Waals surface area (Å²) in [6, 6.07) is 0.715. The Morgan fingerprint density at radius 1 is 0.756 bits per heavy atom. The Hall–Kier alpha value is -1.65. The fourth-order valence-corrected chi connectivity index (χ4v) is 9.56. The predicted molar refractivity (Wildman–Crippen MR) is 155 cm³/mol. The van der Waals surface area contributed by atoms with Crippen LogP contribution < -0.4 is 0 Å². The minimum absolute atomic E-state index is 0.141. The zero-order chi connectivity index (χ0) is 31.1. The van der Waals surface area contributed by atoms with Crippen molar-refractivity contribution in [2.45, 2.75) is 76.9 Å². The molecule has 14 heteroatoms. The highest BCUT2D eigenvalue weighted by Gasteiger charge is 2.65. The Kier molecular flexibility index (Phi) is 12.7. The van der Waals surface area contributed by atoms with Crippen LogP contribution in [0, 0.1) is 0 Å². The molecule has 0 aliphatic carbocycles. The third kappa shape index (κ3) is 10.2. The highest BCUT2D eigenvalue weighted by molar-refractivity contribution is 6.66. The average molecular weight is 605 g/mol. The second-order valence-corrected chi connectivity index (χ2v) is 15.6. The first kappa shape index (κ1) is 35.5. The zero-order valence-electron chi connectivity index (χ0n) is 25.7. The van der Waals surface area contributed by atoms with Gasteiger partial charge in [-0.25, -0.2) is 0 Å². The van der Waals surface area contributed by atoms with E-state index >= 15 is 0 Å². The number of aliphatic hydroxyl groups is 1. The molecule has 3 atom stereocenters. The van der Waals surface area contributed by atoms with Crippen LogP contribution in [0.5, 0.6) is 0 Å². The molecule has 0 aromatic heterocycles. The summed E-state index contributed by atoms with van der Waals surface area (Å²) in [4.78, 5) is 42.0. The molecule has 3 unspecified atom stereocenters. The van der Waals surface area contributed by atoms with Crippen molar-refractivity contribution in [1.29, 1.82) is 0 Å². The van der Waals surface area contributed by atoms with E-state index in [1.807, 2.05) is 37.1 Å². The van der Waals surface area contributed by atoms with Crippen molar-refractivity contribution in [3.8, 4) is 0 Å². The molecule has 2 rings (SSSR count). The Balaban J connectivity index is 2.13. The molecule has 238 valence electrons. The third-order valence-corrected chi connectivity index (χ3v) is 11.8. The van der Waals surface area contributed by atoms with Crippen molar-refractivity contribution >= 4 is 26.5 Å². The van der Waals surface area contributed by atoms with E-state index in [2.05, 4.69) is 4.90 Å². The van der Waals surface area contributed by atoms with E-state index in [-0.39, 0.29) is 19.6 Å². The molecule has 0 spiro atoms. The highest BCUT2D eigenvalue weighted by Crippen LogP contribution is 2.50. The summed E-state index contributed by atoms with van der Waals surface area (Å²) in [5, 5.41) is 39.2. The number of hydrogen-bond acceptors (Lipinski definition) is 10. The summed E-state index contributed by atoms with van der Waals surface area (Å²) in [6.45, 7) is 15.4. The Morgan fingerprint density at radius 2 is 1.12 bits per heavy atom. The number of carbonyl (C=O) groups is 3. The van der Waals surface area contributed by atoms with Gasteiger partial charge in [-0.2, -0.15) is 0 Å². The van der Waals surface area contributed by atoms with E-state index in [1.54, 1.807) is 18.7 Å². The molecular formula is C27H52N4O9Si. The highest BCUT2D eigenvalue weighted by atomic mass is 28.4. The molecule has 2 aliphatic heterocycles. The summed E-state index contributed by atoms with van der Waals surface area (Å²) in [7, 11) is -2.64. The summed E-state index contributed by atoms with van der Waals surface area (Å²) >= 11 is 0. The first-order valence-electron chi connectivity index (χ1n) is 14.6. The van der Waals surface area contributed by atoms with Crippen LogP contribution >= 0.6 is 0 Å². The quantitative estimate of drug-likeness (QED) is 0.230. The molecule has 4 N–H and O–H groups in total. The van der Waals surface area contributed by atoms with Gasteiger partial charge in [0.2, 0.25) is 0 Å². The van der Waals surface area contributed by atoms with Gasteiger partial charge in [0.15, 0.2) is 0 Å². The van der Waals surface area contributed by atoms with Crippen LogP contribution in [-0.2, 0) is 23.2 Å². The smallest absolute Gasteiger partial charge is 0.336 e. The molecular weight excluding hydrogens is 552 g/mol. The van der Waals surface area contributed by atoms with Gasteiger partial charge in [-0.3, -0.25) is 29.1 Å². The lowest BCUT2D eigenvalue weighted by atomic mass is 9.73. The van der Waals surface area contributed by atoms with Crippen LogP contribution in [-0.4, -0.2) is 162 Å². The first-order valence-corrected chi connectivity index (χ1v) is 17.1. The largest absolute Gasteiger partial charge is 0.480 e. The van der Waals surface area contributed by atoms with Crippen molar-refractivity contribution < 1.29 is 43.7 Å². The molecule has 13 nitrogen and oxygen atoms in total. The van der Waals surface area contributed by atoms with Crippen molar-refractivity contribution in [3.05, 3.63) is 0 Å². The molecule has 0 saturated carbocycles. The maximum absolute atomic E-state index is 11.5. The molecule has 2 fully saturated rings. The van der Waals surface area contributed by atoms with Gasteiger partial charge in [0, 0.05) is 52.4 Å². The fourth-order valence-electron chi connectivity index (χ4n) is 5.89. The number of nitrogens with zero attached hydrogens (tertiary/aromatic N) is 4. The predicted octanol–water partition coefficient (Wildman–Crippen LogP) is 0.669. The second-order valence-electron chi connectivity index (χ2n) is 12.5. The van der Waals surface area contributed by atoms with Crippen LogP contribution in [0.3, 0.4) is 0 Å². The molecule has 0 amide bonds. The SMILES string of the molecule is CCC1(C)O[Si](C)(CCCN2CCN(CC(=O)O)CCN(CC(=O)O)CCN(CC(=O)O)CC2)OC1(C)C(C)(C)O. The fraction of sp³-hybridized carbons (Fsp3) is 0.889. The van der Waals surface area contributed by atoms with Gasteiger partial charge < -0.3 is 34.2 Å². The van der Waals surface area contributed by atoms with E-state index < -0.39 is 43.3 Å². The lowest BCUT2D eigenvalue weighted by molar-refractivity contribution is -0.153. The summed E-state index contributed by atoms with van der Waals surface area (Å²) in [5.41, 5.74) is -2.57. The average Bonchev–Trinajstić information content (AvgIpc) is 3.05. The molecule has 0 bridgehead atoms. The van der Waals surface area contributed by atoms with E-state index in [0.717, 1.165) is 6.42 Å². The van der Waals surface area contributed by atoms with Crippen molar-refractivity contribution in [2.75, 3.05) is 78.5 Å². The van der Waals surface area contributed by atoms with Gasteiger partial charge in [-0.05, 0) is 59.7 Å². The lowest BCUT2D eigenvalue weighted by Gasteiger charge is -2.46. The van der Waals surface area contributed by atoms with Crippen LogP contribution in [0.4, 0.5) is 0 Å². The van der Waals surface area contributed by atoms with E-state index in [9.17, 15) is 34.8 Å². The zero-order valence-corrected chi connectivity index (χ0v) is 26.7. The van der Waals surface area contributed by atoms with Crippen molar-refractivity contribution in [1.82, 2.24) is 19.6 Å². The second kappa shape index (κ2) is 14.7. The lowest BCUT2D eigenvalue weighted by Crippen LogP contribution is -2.60. The monoisotopic (exact) mass is 604 g/mol.